The third-order valence-electron chi connectivity index (χ3n) is 6.16. The molecular weight excluding hydrogens is 482 g/mol. The molecule has 186 valence electrons. The zero-order valence-electron chi connectivity index (χ0n) is 20.1. The Morgan fingerprint density at radius 2 is 1.86 bits per heavy atom. The summed E-state index contributed by atoms with van der Waals surface area (Å²) < 4.78 is 27.7. The summed E-state index contributed by atoms with van der Waals surface area (Å²) in [7, 11) is -4.08. The van der Waals surface area contributed by atoms with E-state index in [0.29, 0.717) is 28.9 Å². The molecule has 0 bridgehead atoms. The number of nitrogens with zero attached hydrogens (tertiary/aromatic N) is 2. The second-order valence-electron chi connectivity index (χ2n) is 8.25. The van der Waals surface area contributed by atoms with E-state index in [2.05, 4.69) is 10.3 Å². The number of sulfone groups is 1. The number of aromatic nitrogens is 2. The van der Waals surface area contributed by atoms with Crippen LogP contribution in [0.15, 0.2) is 62.2 Å². The van der Waals surface area contributed by atoms with Crippen LogP contribution in [0.3, 0.4) is 0 Å². The molecule has 9 nitrogen and oxygen atoms in total. The van der Waals surface area contributed by atoms with Crippen LogP contribution in [0, 0.1) is 6.92 Å². The highest BCUT2D eigenvalue weighted by atomic mass is 32.2. The molecule has 1 aromatic heterocycles. The van der Waals surface area contributed by atoms with E-state index >= 15 is 0 Å². The van der Waals surface area contributed by atoms with Crippen molar-refractivity contribution in [2.24, 2.45) is 5.16 Å². The number of carbonyl (C=O) groups excluding carboxylic acids is 2. The third-order valence-corrected chi connectivity index (χ3v) is 7.96. The zero-order chi connectivity index (χ0) is 26.0. The topological polar surface area (TPSA) is 128 Å². The summed E-state index contributed by atoms with van der Waals surface area (Å²) in [5.74, 6) is 1.36. The first-order chi connectivity index (χ1) is 17.2. The molecule has 0 spiro atoms. The molecule has 36 heavy (non-hydrogen) atoms. The Morgan fingerprint density at radius 1 is 1.14 bits per heavy atom. The minimum absolute atomic E-state index is 0.0291. The third kappa shape index (κ3) is 4.25. The summed E-state index contributed by atoms with van der Waals surface area (Å²) in [5, 5.41) is 6.85. The second kappa shape index (κ2) is 9.93. The lowest BCUT2D eigenvalue weighted by Crippen LogP contribution is -2.23. The van der Waals surface area contributed by atoms with Gasteiger partial charge in [-0.3, -0.25) is 19.4 Å². The summed E-state index contributed by atoms with van der Waals surface area (Å²) in [6, 6.07) is 11.7. The van der Waals surface area contributed by atoms with Crippen molar-refractivity contribution in [2.75, 3.05) is 6.61 Å². The number of oxime groups is 1. The molecule has 0 unspecified atom stereocenters. The summed E-state index contributed by atoms with van der Waals surface area (Å²) in [6.07, 6.45) is -0.298. The number of allylic oxidation sites excluding steroid dienone is 1. The van der Waals surface area contributed by atoms with Gasteiger partial charge in [0.05, 0.1) is 28.3 Å². The monoisotopic (exact) mass is 507 g/mol. The molecule has 0 aliphatic carbocycles. The Hall–Kier alpha value is -4.01. The molecule has 2 heterocycles. The fourth-order valence-corrected chi connectivity index (χ4v) is 5.93. The number of Topliss-reactive ketones (excluding diaryl/α,β-unsaturated/α-hetero) is 1. The maximum atomic E-state index is 13.1. The standard InChI is InChI=1S/C26H25N3O6S/c1-4-29-21(14-22(31)17-9-7-6-8-10-17)25(26(32)27-29)19-11-12-23-24(16(19)3)20(28-35-5-2)13-18(15-30)36(23,33)34/h6-12H,4-5,13-14H2,1-3H3,(H,27,32). The van der Waals surface area contributed by atoms with Gasteiger partial charge in [0.1, 0.15) is 17.5 Å². The molecule has 1 aliphatic rings. The highest BCUT2D eigenvalue weighted by Gasteiger charge is 2.36. The quantitative estimate of drug-likeness (QED) is 0.297. The number of hydrogen-bond acceptors (Lipinski definition) is 7. The van der Waals surface area contributed by atoms with Crippen LogP contribution < -0.4 is 5.56 Å². The van der Waals surface area contributed by atoms with E-state index in [1.165, 1.54) is 18.1 Å². The van der Waals surface area contributed by atoms with Crippen LogP contribution in [0.2, 0.25) is 0 Å². The number of hydrogen-bond donors (Lipinski definition) is 1. The number of benzene rings is 2. The summed E-state index contributed by atoms with van der Waals surface area (Å²) in [5.41, 5.74) is 2.39. The Kier molecular flexibility index (Phi) is 6.92. The molecule has 0 saturated heterocycles. The number of fused-ring (bicyclic) bond motifs is 1. The van der Waals surface area contributed by atoms with Crippen LogP contribution in [-0.4, -0.2) is 42.2 Å². The lowest BCUT2D eigenvalue weighted by atomic mass is 9.91. The minimum Gasteiger partial charge on any atom is -0.396 e. The lowest BCUT2D eigenvalue weighted by molar-refractivity contribution is 0.0990. The fourth-order valence-electron chi connectivity index (χ4n) is 4.44. The van der Waals surface area contributed by atoms with Crippen LogP contribution in [-0.2, 0) is 32.4 Å². The van der Waals surface area contributed by atoms with Gasteiger partial charge in [-0.15, -0.1) is 0 Å². The highest BCUT2D eigenvalue weighted by Crippen LogP contribution is 2.38. The van der Waals surface area contributed by atoms with E-state index in [-0.39, 0.29) is 47.0 Å². The smallest absolute Gasteiger partial charge is 0.272 e. The Balaban J connectivity index is 1.94. The predicted octanol–water partition coefficient (Wildman–Crippen LogP) is 3.23. The largest absolute Gasteiger partial charge is 0.396 e. The first-order valence-electron chi connectivity index (χ1n) is 11.5. The zero-order valence-corrected chi connectivity index (χ0v) is 20.9. The summed E-state index contributed by atoms with van der Waals surface area (Å²) >= 11 is 0. The van der Waals surface area contributed by atoms with Gasteiger partial charge in [-0.1, -0.05) is 41.6 Å². The van der Waals surface area contributed by atoms with Crippen LogP contribution >= 0.6 is 0 Å². The van der Waals surface area contributed by atoms with E-state index in [1.54, 1.807) is 42.8 Å². The van der Waals surface area contributed by atoms with E-state index in [0.717, 1.165) is 0 Å². The van der Waals surface area contributed by atoms with Crippen LogP contribution in [0.4, 0.5) is 0 Å². The molecule has 0 fully saturated rings. The minimum atomic E-state index is -4.08. The number of rotatable bonds is 7. The molecule has 10 heteroatoms. The maximum absolute atomic E-state index is 13.1. The van der Waals surface area contributed by atoms with Gasteiger partial charge in [0.15, 0.2) is 5.78 Å². The molecule has 0 saturated carbocycles. The van der Waals surface area contributed by atoms with Crippen molar-refractivity contribution in [3.05, 3.63) is 80.1 Å². The van der Waals surface area contributed by atoms with Gasteiger partial charge in [0, 0.05) is 24.1 Å². The van der Waals surface area contributed by atoms with Crippen molar-refractivity contribution in [3.8, 4) is 11.1 Å². The van der Waals surface area contributed by atoms with Gasteiger partial charge in [-0.05, 0) is 38.0 Å². The second-order valence-corrected chi connectivity index (χ2v) is 10.2. The van der Waals surface area contributed by atoms with Crippen LogP contribution in [0.5, 0.6) is 0 Å². The predicted molar refractivity (Wildman–Crippen MR) is 135 cm³/mol. The molecule has 0 radical (unpaired) electrons. The Morgan fingerprint density at radius 3 is 2.50 bits per heavy atom. The average molecular weight is 508 g/mol. The van der Waals surface area contributed by atoms with Gasteiger partial charge in [-0.25, -0.2) is 13.2 Å². The molecule has 4 rings (SSSR count). The van der Waals surface area contributed by atoms with Crippen LogP contribution in [0.25, 0.3) is 11.1 Å². The first kappa shape index (κ1) is 25.1. The SMILES string of the molecule is CCON=C1CC(=C=O)S(=O)(=O)c2ccc(-c3c(CC(=O)c4ccccc4)n(CC)[nH]c3=O)c(C)c21. The molecule has 3 aromatic rings. The normalized spacial score (nSPS) is 15.4. The Bertz CT molecular complexity index is 1590. The average Bonchev–Trinajstić information content (AvgIpc) is 3.18. The molecular formula is C26H25N3O6S. The number of ketones is 1. The molecule has 1 N–H and O–H groups in total. The van der Waals surface area contributed by atoms with Crippen molar-refractivity contribution in [1.82, 2.24) is 9.78 Å². The van der Waals surface area contributed by atoms with Crippen molar-refractivity contribution < 1.29 is 22.8 Å². The number of aromatic amines is 1. The number of nitrogens with one attached hydrogen (secondary N) is 1. The lowest BCUT2D eigenvalue weighted by Gasteiger charge is -2.22. The van der Waals surface area contributed by atoms with Gasteiger partial charge >= 0.3 is 0 Å². The van der Waals surface area contributed by atoms with Crippen molar-refractivity contribution in [2.45, 2.75) is 45.1 Å². The van der Waals surface area contributed by atoms with Crippen molar-refractivity contribution in [3.63, 3.8) is 0 Å². The van der Waals surface area contributed by atoms with E-state index < -0.39 is 20.3 Å². The highest BCUT2D eigenvalue weighted by molar-refractivity contribution is 7.95. The Labute approximate surface area is 208 Å². The molecule has 1 aliphatic heterocycles. The van der Waals surface area contributed by atoms with Crippen molar-refractivity contribution >= 4 is 27.3 Å². The van der Waals surface area contributed by atoms with Gasteiger partial charge in [0.2, 0.25) is 9.84 Å². The number of aryl methyl sites for hydroxylation is 1. The summed E-state index contributed by atoms with van der Waals surface area (Å²) in [6.45, 7) is 5.94. The van der Waals surface area contributed by atoms with Crippen LogP contribution in [0.1, 0.15) is 47.4 Å². The van der Waals surface area contributed by atoms with E-state index in [1.807, 2.05) is 13.0 Å². The number of carbonyl (C=O) groups is 1. The number of H-pyrrole nitrogens is 1. The van der Waals surface area contributed by atoms with E-state index in [4.69, 9.17) is 4.84 Å². The molecule has 0 atom stereocenters. The first-order valence-corrected chi connectivity index (χ1v) is 12.9. The van der Waals surface area contributed by atoms with Crippen molar-refractivity contribution in [1.29, 1.82) is 0 Å². The van der Waals surface area contributed by atoms with Gasteiger partial charge in [-0.2, -0.15) is 0 Å². The molecule has 0 amide bonds. The van der Waals surface area contributed by atoms with Gasteiger partial charge < -0.3 is 4.84 Å². The molecule has 2 aromatic carbocycles. The fraction of sp³-hybridized carbons (Fsp3) is 0.269. The maximum Gasteiger partial charge on any atom is 0.272 e. The van der Waals surface area contributed by atoms with Gasteiger partial charge in [0.25, 0.3) is 5.56 Å². The summed E-state index contributed by atoms with van der Waals surface area (Å²) in [4.78, 5) is 42.2. The van der Waals surface area contributed by atoms with E-state index in [9.17, 15) is 22.8 Å².